The maximum absolute atomic E-state index is 5.51. The number of anilines is 1. The first-order valence-electron chi connectivity index (χ1n) is 10.3. The maximum Gasteiger partial charge on any atom is 0.203 e. The maximum atomic E-state index is 5.51. The van der Waals surface area contributed by atoms with Crippen LogP contribution >= 0.6 is 12.2 Å². The molecule has 8 heteroatoms. The van der Waals surface area contributed by atoms with Gasteiger partial charge in [-0.2, -0.15) is 0 Å². The van der Waals surface area contributed by atoms with Crippen molar-refractivity contribution in [1.29, 1.82) is 0 Å². The molecular formula is C23H31N3O4S. The third-order valence-electron chi connectivity index (χ3n) is 5.41. The second kappa shape index (κ2) is 11.1. The van der Waals surface area contributed by atoms with Crippen molar-refractivity contribution < 1.29 is 18.9 Å². The fourth-order valence-corrected chi connectivity index (χ4v) is 4.09. The molecule has 0 unspecified atom stereocenters. The van der Waals surface area contributed by atoms with Gasteiger partial charge in [0.15, 0.2) is 16.6 Å². The predicted octanol–water partition coefficient (Wildman–Crippen LogP) is 3.67. The van der Waals surface area contributed by atoms with Crippen molar-refractivity contribution in [3.63, 3.8) is 0 Å². The van der Waals surface area contributed by atoms with Crippen LogP contribution in [0.1, 0.15) is 18.4 Å². The summed E-state index contributed by atoms with van der Waals surface area (Å²) in [6.45, 7) is 2.78. The fraction of sp³-hybridized carbons (Fsp3) is 0.435. The molecule has 0 spiro atoms. The van der Waals surface area contributed by atoms with Crippen LogP contribution in [-0.4, -0.2) is 57.6 Å². The van der Waals surface area contributed by atoms with Crippen molar-refractivity contribution in [2.75, 3.05) is 46.8 Å². The van der Waals surface area contributed by atoms with E-state index in [0.717, 1.165) is 49.5 Å². The highest BCUT2D eigenvalue weighted by atomic mass is 32.1. The van der Waals surface area contributed by atoms with Crippen molar-refractivity contribution in [3.8, 4) is 23.0 Å². The third-order valence-corrected chi connectivity index (χ3v) is 5.63. The molecule has 1 aliphatic heterocycles. The van der Waals surface area contributed by atoms with Crippen molar-refractivity contribution in [2.45, 2.75) is 25.4 Å². The summed E-state index contributed by atoms with van der Waals surface area (Å²) in [7, 11) is 6.55. The van der Waals surface area contributed by atoms with Gasteiger partial charge >= 0.3 is 0 Å². The molecule has 3 rings (SSSR count). The molecule has 0 amide bonds. The second-order valence-electron chi connectivity index (χ2n) is 7.38. The van der Waals surface area contributed by atoms with Gasteiger partial charge in [0.25, 0.3) is 0 Å². The first kappa shape index (κ1) is 23.0. The molecule has 2 aromatic carbocycles. The minimum atomic E-state index is 0.339. The molecule has 1 heterocycles. The van der Waals surface area contributed by atoms with Crippen LogP contribution in [0.4, 0.5) is 5.69 Å². The van der Waals surface area contributed by atoms with E-state index in [1.807, 2.05) is 36.4 Å². The van der Waals surface area contributed by atoms with Crippen LogP contribution in [0.25, 0.3) is 0 Å². The summed E-state index contributed by atoms with van der Waals surface area (Å²) in [5.74, 6) is 2.75. The Morgan fingerprint density at radius 3 is 2.13 bits per heavy atom. The van der Waals surface area contributed by atoms with Crippen LogP contribution in [0.3, 0.4) is 0 Å². The number of ether oxygens (including phenoxy) is 4. The van der Waals surface area contributed by atoms with E-state index in [4.69, 9.17) is 31.2 Å². The molecule has 1 saturated heterocycles. The highest BCUT2D eigenvalue weighted by molar-refractivity contribution is 7.80. The van der Waals surface area contributed by atoms with Crippen LogP contribution in [0, 0.1) is 0 Å². The van der Waals surface area contributed by atoms with Crippen LogP contribution in [0.2, 0.25) is 0 Å². The topological polar surface area (TPSA) is 64.2 Å². The average molecular weight is 446 g/mol. The quantitative estimate of drug-likeness (QED) is 0.597. The number of thiocarbonyl (C=S) groups is 1. The van der Waals surface area contributed by atoms with E-state index < -0.39 is 0 Å². The summed E-state index contributed by atoms with van der Waals surface area (Å²) in [6.07, 6.45) is 2.02. The van der Waals surface area contributed by atoms with Gasteiger partial charge in [0.2, 0.25) is 5.75 Å². The third kappa shape index (κ3) is 5.92. The molecular weight excluding hydrogens is 414 g/mol. The predicted molar refractivity (Wildman–Crippen MR) is 127 cm³/mol. The first-order chi connectivity index (χ1) is 15.1. The Kier molecular flexibility index (Phi) is 8.20. The fourth-order valence-electron chi connectivity index (χ4n) is 3.81. The molecule has 0 atom stereocenters. The minimum absolute atomic E-state index is 0.339. The highest BCUT2D eigenvalue weighted by Gasteiger charge is 2.21. The number of hydrogen-bond donors (Lipinski definition) is 2. The van der Waals surface area contributed by atoms with E-state index in [1.54, 1.807) is 28.4 Å². The number of hydrogen-bond acceptors (Lipinski definition) is 6. The Morgan fingerprint density at radius 1 is 0.935 bits per heavy atom. The number of rotatable bonds is 8. The summed E-state index contributed by atoms with van der Waals surface area (Å²) in [5, 5.41) is 7.29. The first-order valence-corrected chi connectivity index (χ1v) is 10.7. The molecule has 168 valence electrons. The monoisotopic (exact) mass is 445 g/mol. The minimum Gasteiger partial charge on any atom is -0.495 e. The van der Waals surface area contributed by atoms with Crippen molar-refractivity contribution in [1.82, 2.24) is 10.2 Å². The number of benzene rings is 2. The van der Waals surface area contributed by atoms with Gasteiger partial charge in [-0.3, -0.25) is 4.90 Å². The lowest BCUT2D eigenvalue weighted by atomic mass is 10.0. The number of nitrogens with one attached hydrogen (secondary N) is 2. The van der Waals surface area contributed by atoms with E-state index in [-0.39, 0.29) is 0 Å². The summed E-state index contributed by atoms with van der Waals surface area (Å²) < 4.78 is 21.7. The summed E-state index contributed by atoms with van der Waals surface area (Å²) in [6, 6.07) is 12.1. The van der Waals surface area contributed by atoms with Gasteiger partial charge in [-0.1, -0.05) is 12.1 Å². The molecule has 1 fully saturated rings. The lowest BCUT2D eigenvalue weighted by Gasteiger charge is -2.33. The summed E-state index contributed by atoms with van der Waals surface area (Å²) in [4.78, 5) is 2.43. The number of likely N-dealkylation sites (tertiary alicyclic amines) is 1. The van der Waals surface area contributed by atoms with E-state index in [2.05, 4.69) is 15.5 Å². The van der Waals surface area contributed by atoms with Crippen LogP contribution in [-0.2, 0) is 6.54 Å². The zero-order valence-electron chi connectivity index (χ0n) is 18.6. The molecule has 7 nitrogen and oxygen atoms in total. The van der Waals surface area contributed by atoms with Crippen LogP contribution in [0.5, 0.6) is 23.0 Å². The summed E-state index contributed by atoms with van der Waals surface area (Å²) in [5.41, 5.74) is 2.00. The number of nitrogens with zero attached hydrogens (tertiary/aromatic N) is 1. The van der Waals surface area contributed by atoms with Crippen molar-refractivity contribution in [2.24, 2.45) is 0 Å². The molecule has 0 bridgehead atoms. The Labute approximate surface area is 189 Å². The van der Waals surface area contributed by atoms with Crippen molar-refractivity contribution >= 4 is 23.0 Å². The standard InChI is InChI=1S/C23H31N3O4S/c1-27-19-8-6-5-7-18(19)25-23(31)24-17-9-11-26(12-10-17)15-16-13-20(28-2)22(30-4)21(14-16)29-3/h5-8,13-14,17H,9-12,15H2,1-4H3,(H2,24,25,31). The van der Waals surface area contributed by atoms with E-state index in [9.17, 15) is 0 Å². The number of piperidine rings is 1. The van der Waals surface area contributed by atoms with Gasteiger partial charge in [0, 0.05) is 25.7 Å². The molecule has 2 N–H and O–H groups in total. The lowest BCUT2D eigenvalue weighted by molar-refractivity contribution is 0.198. The molecule has 2 aromatic rings. The second-order valence-corrected chi connectivity index (χ2v) is 7.79. The number of methoxy groups -OCH3 is 4. The van der Waals surface area contributed by atoms with Gasteiger partial charge in [0.05, 0.1) is 34.1 Å². The van der Waals surface area contributed by atoms with E-state index in [1.165, 1.54) is 0 Å². The van der Waals surface area contributed by atoms with Gasteiger partial charge in [-0.05, 0) is 54.9 Å². The van der Waals surface area contributed by atoms with Crippen molar-refractivity contribution in [3.05, 3.63) is 42.0 Å². The van der Waals surface area contributed by atoms with Gasteiger partial charge in [-0.25, -0.2) is 0 Å². The SMILES string of the molecule is COc1ccccc1NC(=S)NC1CCN(Cc2cc(OC)c(OC)c(OC)c2)CC1. The molecule has 31 heavy (non-hydrogen) atoms. The largest absolute Gasteiger partial charge is 0.495 e. The summed E-state index contributed by atoms with van der Waals surface area (Å²) >= 11 is 5.51. The van der Waals surface area contributed by atoms with Gasteiger partial charge in [0.1, 0.15) is 5.75 Å². The molecule has 1 aliphatic rings. The van der Waals surface area contributed by atoms with Gasteiger partial charge in [-0.15, -0.1) is 0 Å². The molecule has 0 radical (unpaired) electrons. The zero-order valence-corrected chi connectivity index (χ0v) is 19.4. The van der Waals surface area contributed by atoms with Crippen LogP contribution in [0.15, 0.2) is 36.4 Å². The highest BCUT2D eigenvalue weighted by Crippen LogP contribution is 2.38. The van der Waals surface area contributed by atoms with Crippen LogP contribution < -0.4 is 29.6 Å². The Balaban J connectivity index is 1.52. The zero-order chi connectivity index (χ0) is 22.2. The van der Waals surface area contributed by atoms with Gasteiger partial charge < -0.3 is 29.6 Å². The average Bonchev–Trinajstić information content (AvgIpc) is 2.80. The Bertz CT molecular complexity index is 860. The number of para-hydroxylation sites is 2. The molecule has 0 aromatic heterocycles. The molecule has 0 aliphatic carbocycles. The Morgan fingerprint density at radius 2 is 1.55 bits per heavy atom. The smallest absolute Gasteiger partial charge is 0.203 e. The lowest BCUT2D eigenvalue weighted by Crippen LogP contribution is -2.45. The normalized spacial score (nSPS) is 14.6. The van der Waals surface area contributed by atoms with E-state index >= 15 is 0 Å². The molecule has 0 saturated carbocycles. The van der Waals surface area contributed by atoms with E-state index in [0.29, 0.717) is 28.4 Å². The Hall–Kier alpha value is -2.71.